The molecule has 0 aliphatic carbocycles. The Labute approximate surface area is 118 Å². The number of nitrogens with one attached hydrogen (secondary N) is 1. The van der Waals surface area contributed by atoms with Crippen LogP contribution in [0.5, 0.6) is 0 Å². The molecule has 0 aliphatic heterocycles. The van der Waals surface area contributed by atoms with Gasteiger partial charge in [0.15, 0.2) is 0 Å². The molecule has 0 unspecified atom stereocenters. The van der Waals surface area contributed by atoms with Gasteiger partial charge in [0, 0.05) is 11.8 Å². The van der Waals surface area contributed by atoms with Gasteiger partial charge in [-0.05, 0) is 18.2 Å². The number of nitro benzene ring substituents is 2. The van der Waals surface area contributed by atoms with Crippen LogP contribution in [0.25, 0.3) is 0 Å². The SMILES string of the molecule is O=C(Nc1ccccc1)c1cccc([N+](=O)[O-])c1[N+](=O)[O-]. The van der Waals surface area contributed by atoms with E-state index >= 15 is 0 Å². The smallest absolute Gasteiger partial charge is 0.322 e. The van der Waals surface area contributed by atoms with Crippen molar-refractivity contribution in [3.63, 3.8) is 0 Å². The molecular formula is C13H9N3O5. The molecule has 0 saturated carbocycles. The van der Waals surface area contributed by atoms with Gasteiger partial charge in [0.1, 0.15) is 5.56 Å². The lowest BCUT2D eigenvalue weighted by molar-refractivity contribution is -0.422. The van der Waals surface area contributed by atoms with E-state index in [0.29, 0.717) is 5.69 Å². The van der Waals surface area contributed by atoms with Crippen LogP contribution in [-0.4, -0.2) is 15.8 Å². The third-order valence-electron chi connectivity index (χ3n) is 2.67. The fourth-order valence-electron chi connectivity index (χ4n) is 1.77. The summed E-state index contributed by atoms with van der Waals surface area (Å²) < 4.78 is 0. The van der Waals surface area contributed by atoms with Crippen LogP contribution < -0.4 is 5.32 Å². The molecule has 1 N–H and O–H groups in total. The lowest BCUT2D eigenvalue weighted by atomic mass is 10.1. The predicted octanol–water partition coefficient (Wildman–Crippen LogP) is 2.76. The number of amides is 1. The Morgan fingerprint density at radius 3 is 2.14 bits per heavy atom. The Kier molecular flexibility index (Phi) is 3.89. The molecule has 8 nitrogen and oxygen atoms in total. The minimum atomic E-state index is -0.933. The molecule has 0 atom stereocenters. The molecule has 1 amide bonds. The van der Waals surface area contributed by atoms with Crippen molar-refractivity contribution in [3.8, 4) is 0 Å². The molecule has 0 aliphatic rings. The molecule has 0 bridgehead atoms. The Morgan fingerprint density at radius 2 is 1.57 bits per heavy atom. The minimum Gasteiger partial charge on any atom is -0.322 e. The minimum absolute atomic E-state index is 0.363. The van der Waals surface area contributed by atoms with Crippen LogP contribution in [0.1, 0.15) is 10.4 Å². The first-order valence-electron chi connectivity index (χ1n) is 5.79. The molecule has 2 aromatic rings. The van der Waals surface area contributed by atoms with Crippen molar-refractivity contribution in [2.45, 2.75) is 0 Å². The number of hydrogen-bond donors (Lipinski definition) is 1. The van der Waals surface area contributed by atoms with E-state index in [9.17, 15) is 25.0 Å². The molecule has 106 valence electrons. The summed E-state index contributed by atoms with van der Waals surface area (Å²) in [5, 5.41) is 24.3. The fourth-order valence-corrected chi connectivity index (χ4v) is 1.77. The summed E-state index contributed by atoms with van der Waals surface area (Å²) >= 11 is 0. The fraction of sp³-hybridized carbons (Fsp3) is 0. The zero-order valence-corrected chi connectivity index (χ0v) is 10.6. The zero-order valence-electron chi connectivity index (χ0n) is 10.6. The average Bonchev–Trinajstić information content (AvgIpc) is 2.47. The van der Waals surface area contributed by atoms with Gasteiger partial charge in [-0.3, -0.25) is 25.0 Å². The molecule has 0 spiro atoms. The number of carbonyl (C=O) groups excluding carboxylic acids is 1. The molecule has 0 radical (unpaired) electrons. The highest BCUT2D eigenvalue weighted by atomic mass is 16.6. The third-order valence-corrected chi connectivity index (χ3v) is 2.67. The van der Waals surface area contributed by atoms with Crippen molar-refractivity contribution < 1.29 is 14.6 Å². The summed E-state index contributed by atoms with van der Waals surface area (Å²) in [5.41, 5.74) is -1.47. The first-order valence-corrected chi connectivity index (χ1v) is 5.79. The Bertz CT molecular complexity index is 715. The van der Waals surface area contributed by atoms with Gasteiger partial charge in [-0.2, -0.15) is 0 Å². The lowest BCUT2D eigenvalue weighted by Gasteiger charge is -2.05. The number of nitro groups is 2. The Balaban J connectivity index is 2.44. The number of carbonyl (C=O) groups is 1. The quantitative estimate of drug-likeness (QED) is 0.685. The highest BCUT2D eigenvalue weighted by molar-refractivity contribution is 6.08. The Hall–Kier alpha value is -3.29. The Morgan fingerprint density at radius 1 is 0.905 bits per heavy atom. The predicted molar refractivity (Wildman–Crippen MR) is 74.1 cm³/mol. The number of nitrogens with zero attached hydrogens (tertiary/aromatic N) is 2. The first kappa shape index (κ1) is 14.1. The van der Waals surface area contributed by atoms with Crippen LogP contribution in [-0.2, 0) is 0 Å². The van der Waals surface area contributed by atoms with E-state index in [1.54, 1.807) is 30.3 Å². The molecule has 0 heterocycles. The van der Waals surface area contributed by atoms with Crippen LogP contribution in [0.15, 0.2) is 48.5 Å². The van der Waals surface area contributed by atoms with Gasteiger partial charge >= 0.3 is 11.4 Å². The van der Waals surface area contributed by atoms with E-state index in [1.165, 1.54) is 12.1 Å². The monoisotopic (exact) mass is 287 g/mol. The molecule has 2 aromatic carbocycles. The van der Waals surface area contributed by atoms with Crippen LogP contribution in [0, 0.1) is 20.2 Å². The van der Waals surface area contributed by atoms with Gasteiger partial charge in [0.05, 0.1) is 9.85 Å². The molecule has 0 saturated heterocycles. The van der Waals surface area contributed by atoms with Crippen LogP contribution in [0.3, 0.4) is 0 Å². The molecule has 8 heteroatoms. The van der Waals surface area contributed by atoms with Crippen molar-refractivity contribution in [2.24, 2.45) is 0 Å². The summed E-state index contributed by atoms with van der Waals surface area (Å²) in [5.74, 6) is -0.781. The van der Waals surface area contributed by atoms with Gasteiger partial charge < -0.3 is 5.32 Å². The highest BCUT2D eigenvalue weighted by Crippen LogP contribution is 2.30. The standard InChI is InChI=1S/C13H9N3O5/c17-13(14-9-5-2-1-3-6-9)10-7-4-8-11(15(18)19)12(10)16(20)21/h1-8H,(H,14,17). The van der Waals surface area contributed by atoms with Crippen molar-refractivity contribution in [1.82, 2.24) is 0 Å². The number of benzene rings is 2. The summed E-state index contributed by atoms with van der Waals surface area (Å²) in [4.78, 5) is 32.1. The summed E-state index contributed by atoms with van der Waals surface area (Å²) in [7, 11) is 0. The van der Waals surface area contributed by atoms with E-state index in [0.717, 1.165) is 6.07 Å². The second-order valence-corrected chi connectivity index (χ2v) is 4.01. The van der Waals surface area contributed by atoms with Crippen LogP contribution in [0.2, 0.25) is 0 Å². The highest BCUT2D eigenvalue weighted by Gasteiger charge is 2.31. The van der Waals surface area contributed by atoms with E-state index in [4.69, 9.17) is 0 Å². The van der Waals surface area contributed by atoms with Gasteiger partial charge in [0.2, 0.25) is 0 Å². The van der Waals surface area contributed by atoms with Crippen molar-refractivity contribution in [1.29, 1.82) is 0 Å². The maximum Gasteiger partial charge on any atom is 0.358 e. The molecule has 2 rings (SSSR count). The first-order chi connectivity index (χ1) is 10.0. The third kappa shape index (κ3) is 3.00. The average molecular weight is 287 g/mol. The molecular weight excluding hydrogens is 278 g/mol. The summed E-state index contributed by atoms with van der Waals surface area (Å²) in [6.45, 7) is 0. The molecule has 21 heavy (non-hydrogen) atoms. The number of hydrogen-bond acceptors (Lipinski definition) is 5. The van der Waals surface area contributed by atoms with Gasteiger partial charge in [-0.25, -0.2) is 0 Å². The molecule has 0 fully saturated rings. The maximum absolute atomic E-state index is 12.1. The van der Waals surface area contributed by atoms with Crippen molar-refractivity contribution in [2.75, 3.05) is 5.32 Å². The normalized spacial score (nSPS) is 9.90. The van der Waals surface area contributed by atoms with Crippen molar-refractivity contribution in [3.05, 3.63) is 74.3 Å². The van der Waals surface area contributed by atoms with E-state index in [2.05, 4.69) is 5.32 Å². The van der Waals surface area contributed by atoms with E-state index < -0.39 is 27.1 Å². The van der Waals surface area contributed by atoms with Crippen LogP contribution >= 0.6 is 0 Å². The number of rotatable bonds is 4. The van der Waals surface area contributed by atoms with E-state index in [1.807, 2.05) is 0 Å². The number of para-hydroxylation sites is 2. The topological polar surface area (TPSA) is 115 Å². The summed E-state index contributed by atoms with van der Waals surface area (Å²) in [6.07, 6.45) is 0. The second-order valence-electron chi connectivity index (χ2n) is 4.01. The zero-order chi connectivity index (χ0) is 15.4. The van der Waals surface area contributed by atoms with Crippen LogP contribution in [0.4, 0.5) is 17.1 Å². The second kappa shape index (κ2) is 5.78. The van der Waals surface area contributed by atoms with Gasteiger partial charge in [-0.15, -0.1) is 0 Å². The van der Waals surface area contributed by atoms with Gasteiger partial charge in [0.25, 0.3) is 5.91 Å². The lowest BCUT2D eigenvalue weighted by Crippen LogP contribution is -2.14. The largest absolute Gasteiger partial charge is 0.358 e. The van der Waals surface area contributed by atoms with Crippen molar-refractivity contribution >= 4 is 23.0 Å². The summed E-state index contributed by atoms with van der Waals surface area (Å²) in [6, 6.07) is 11.7. The number of anilines is 1. The van der Waals surface area contributed by atoms with Gasteiger partial charge in [-0.1, -0.05) is 24.3 Å². The van der Waals surface area contributed by atoms with E-state index in [-0.39, 0.29) is 5.56 Å². The maximum atomic E-state index is 12.1. The molecule has 0 aromatic heterocycles.